The molecule has 8 fully saturated rings. The van der Waals surface area contributed by atoms with E-state index in [1.54, 1.807) is 0 Å². The summed E-state index contributed by atoms with van der Waals surface area (Å²) in [5, 5.41) is 21.0. The molecular formula is C68H92ClF4I2O6-3. The molecule has 0 aromatic heterocycles. The number of hydrogen-bond acceptors (Lipinski definition) is 6. The molecule has 13 heteroatoms. The van der Waals surface area contributed by atoms with E-state index in [0.29, 0.717) is 50.4 Å². The van der Waals surface area contributed by atoms with Crippen molar-refractivity contribution in [2.45, 2.75) is 219 Å². The van der Waals surface area contributed by atoms with Gasteiger partial charge >= 0.3 is 305 Å². The third-order valence-electron chi connectivity index (χ3n) is 17.3. The number of esters is 2. The summed E-state index contributed by atoms with van der Waals surface area (Å²) >= 11 is -0.141. The summed E-state index contributed by atoms with van der Waals surface area (Å²) in [7, 11) is 0. The van der Waals surface area contributed by atoms with Crippen LogP contribution >= 0.6 is 0 Å². The van der Waals surface area contributed by atoms with Gasteiger partial charge in [0.1, 0.15) is 0 Å². The average molecular weight is 1370 g/mol. The molecule has 4 aromatic carbocycles. The topological polar surface area (TPSA) is 93.1 Å². The van der Waals surface area contributed by atoms with Crippen LogP contribution in [0.15, 0.2) is 97.1 Å². The summed E-state index contributed by atoms with van der Waals surface area (Å²) in [5.41, 5.74) is 4.80. The molecule has 8 aliphatic carbocycles. The van der Waals surface area contributed by atoms with Gasteiger partial charge in [-0.2, -0.15) is 17.6 Å². The van der Waals surface area contributed by atoms with Gasteiger partial charge in [0.15, 0.2) is 0 Å². The molecule has 8 saturated carbocycles. The van der Waals surface area contributed by atoms with Crippen molar-refractivity contribution >= 4 is 11.9 Å². The van der Waals surface area contributed by atoms with E-state index in [9.17, 15) is 37.4 Å². The molecule has 4 unspecified atom stereocenters. The fraction of sp³-hybridized carbons (Fsp3) is 0.618. The first-order chi connectivity index (χ1) is 36.7. The van der Waals surface area contributed by atoms with E-state index in [0.717, 1.165) is 64.2 Å². The molecule has 0 saturated heterocycles. The molecule has 452 valence electrons. The number of aliphatic hydroxyl groups is 2. The summed E-state index contributed by atoms with van der Waals surface area (Å²) in [6, 6.07) is 36.8. The standard InChI is InChI=1S/2C20H26I.2C14H20F2O3.ClH/c2*1-19(2,3)15-7-11-17(12-8-15)21-18-13-9-16(10-14-18)20(4,5)6;2*1-12(15,16)11(17)19-8-13-3-9-2-10(4-13)6-14(18,5-9)7-13;/h2*7-14H,1-6H3;2*9-10,18H,2-8H2,1H3;1H/q2*-1;;;/p-1. The number of alkyl halides is 4. The molecule has 0 spiro atoms. The van der Waals surface area contributed by atoms with Crippen LogP contribution in [0.1, 0.15) is 196 Å². The number of carbonyl (C=O) groups excluding carboxylic acids is 2. The Labute approximate surface area is 509 Å². The maximum absolute atomic E-state index is 12.8. The van der Waals surface area contributed by atoms with Crippen molar-refractivity contribution in [2.75, 3.05) is 13.2 Å². The number of halogens is 7. The molecule has 4 atom stereocenters. The summed E-state index contributed by atoms with van der Waals surface area (Å²) in [6.07, 6.45) is 10.3. The Bertz CT molecular complexity index is 2400. The van der Waals surface area contributed by atoms with Gasteiger partial charge in [-0.15, -0.1) is 0 Å². The second-order valence-electron chi connectivity index (χ2n) is 29.5. The maximum Gasteiger partial charge on any atom is 0.376 e. The van der Waals surface area contributed by atoms with Crippen molar-refractivity contribution in [3.63, 3.8) is 0 Å². The van der Waals surface area contributed by atoms with Gasteiger partial charge in [-0.05, 0) is 101 Å². The number of hydrogen-bond donors (Lipinski definition) is 2. The Morgan fingerprint density at radius 3 is 0.802 bits per heavy atom. The van der Waals surface area contributed by atoms with E-state index < -0.39 is 35.0 Å². The predicted octanol–water partition coefficient (Wildman–Crippen LogP) is 6.86. The van der Waals surface area contributed by atoms with Crippen LogP contribution in [0.3, 0.4) is 0 Å². The van der Waals surface area contributed by atoms with Gasteiger partial charge in [0.25, 0.3) is 0 Å². The minimum absolute atomic E-state index is 0. The van der Waals surface area contributed by atoms with Crippen LogP contribution < -0.4 is 54.8 Å². The van der Waals surface area contributed by atoms with Gasteiger partial charge < -0.3 is 32.1 Å². The maximum atomic E-state index is 12.8. The minimum Gasteiger partial charge on any atom is -1.00 e. The number of ether oxygens (including phenoxy) is 2. The fourth-order valence-corrected chi connectivity index (χ4v) is 18.5. The zero-order chi connectivity index (χ0) is 59.1. The smallest absolute Gasteiger partial charge is 0.376 e. The van der Waals surface area contributed by atoms with E-state index in [4.69, 9.17) is 9.47 Å². The van der Waals surface area contributed by atoms with Crippen molar-refractivity contribution in [2.24, 2.45) is 34.5 Å². The van der Waals surface area contributed by atoms with Crippen molar-refractivity contribution in [3.8, 4) is 0 Å². The van der Waals surface area contributed by atoms with Gasteiger partial charge in [-0.3, -0.25) is 0 Å². The monoisotopic (exact) mass is 1370 g/mol. The normalized spacial score (nSPS) is 27.4. The minimum atomic E-state index is -3.43. The third-order valence-corrected chi connectivity index (χ3v) is 22.7. The summed E-state index contributed by atoms with van der Waals surface area (Å²) in [6.45, 7) is 28.4. The molecule has 8 bridgehead atoms. The number of rotatable bonds is 10. The Kier molecular flexibility index (Phi) is 21.0. The van der Waals surface area contributed by atoms with Gasteiger partial charge in [0, 0.05) is 24.7 Å². The largest absolute Gasteiger partial charge is 1.00 e. The van der Waals surface area contributed by atoms with E-state index in [1.165, 1.54) is 36.5 Å². The quantitative estimate of drug-likeness (QED) is 0.103. The molecular weight excluding hydrogens is 1280 g/mol. The van der Waals surface area contributed by atoms with Crippen LogP contribution in [0, 0.1) is 48.8 Å². The molecule has 6 nitrogen and oxygen atoms in total. The SMILES string of the molecule is CC(C)(C)c1ccc([I-]c2ccc(C(C)(C)C)cc2)cc1.CC(C)(C)c1ccc([I-]c2ccc(C(C)(C)C)cc2)cc1.CC(F)(F)C(=O)OCC12CC3CC(CC(O)(C3)C1)C2.CC(F)(F)C(=O)OCC12CC3CC(CC(O)(C3)C1)C2.[Cl-]. The molecule has 0 amide bonds. The molecule has 0 heterocycles. The van der Waals surface area contributed by atoms with Crippen molar-refractivity contribution < 1.29 is 102 Å². The fourth-order valence-electron chi connectivity index (χ4n) is 14.1. The Morgan fingerprint density at radius 2 is 0.630 bits per heavy atom. The summed E-state index contributed by atoms with van der Waals surface area (Å²) < 4.78 is 66.9. The van der Waals surface area contributed by atoms with Gasteiger partial charge in [0.05, 0.1) is 24.4 Å². The van der Waals surface area contributed by atoms with Gasteiger partial charge in [-0.25, -0.2) is 9.59 Å². The molecule has 0 radical (unpaired) electrons. The van der Waals surface area contributed by atoms with Gasteiger partial charge in [-0.1, -0.05) is 0 Å². The third kappa shape index (κ3) is 18.6. The van der Waals surface area contributed by atoms with Gasteiger partial charge in [0.2, 0.25) is 0 Å². The van der Waals surface area contributed by atoms with Crippen molar-refractivity contribution in [1.29, 1.82) is 0 Å². The van der Waals surface area contributed by atoms with Crippen molar-refractivity contribution in [1.82, 2.24) is 0 Å². The summed E-state index contributed by atoms with van der Waals surface area (Å²) in [5.74, 6) is -7.90. The summed E-state index contributed by atoms with van der Waals surface area (Å²) in [4.78, 5) is 22.4. The second-order valence-corrected chi connectivity index (χ2v) is 35.6. The van der Waals surface area contributed by atoms with Crippen molar-refractivity contribution in [3.05, 3.63) is 134 Å². The van der Waals surface area contributed by atoms with E-state index >= 15 is 0 Å². The Morgan fingerprint density at radius 1 is 0.420 bits per heavy atom. The molecule has 8 aliphatic rings. The number of benzene rings is 4. The molecule has 2 N–H and O–H groups in total. The van der Waals surface area contributed by atoms with E-state index in [2.05, 4.69) is 180 Å². The Balaban J connectivity index is 0.000000173. The first-order valence-electron chi connectivity index (χ1n) is 29.0. The predicted molar refractivity (Wildman–Crippen MR) is 303 cm³/mol. The average Bonchev–Trinajstić information content (AvgIpc) is 3.31. The zero-order valence-corrected chi connectivity index (χ0v) is 55.7. The van der Waals surface area contributed by atoms with Crippen LogP contribution in [0.5, 0.6) is 0 Å². The molecule has 4 aromatic rings. The second kappa shape index (κ2) is 25.3. The Hall–Kier alpha value is -2.79. The molecule has 81 heavy (non-hydrogen) atoms. The van der Waals surface area contributed by atoms with E-state index in [-0.39, 0.29) is 101 Å². The number of carbonyl (C=O) groups is 2. The zero-order valence-electron chi connectivity index (χ0n) is 50.6. The van der Waals surface area contributed by atoms with Crippen LogP contribution in [0.2, 0.25) is 0 Å². The van der Waals surface area contributed by atoms with Crippen LogP contribution in [0.25, 0.3) is 0 Å². The van der Waals surface area contributed by atoms with Crippen LogP contribution in [-0.2, 0) is 40.7 Å². The van der Waals surface area contributed by atoms with E-state index in [1.807, 2.05) is 0 Å². The van der Waals surface area contributed by atoms with Crippen LogP contribution in [0.4, 0.5) is 17.6 Å². The molecule has 12 rings (SSSR count). The molecule has 0 aliphatic heterocycles. The van der Waals surface area contributed by atoms with Crippen LogP contribution in [-0.4, -0.2) is 58.4 Å². The first kappa shape index (κ1) is 67.3. The first-order valence-corrected chi connectivity index (χ1v) is 33.3.